The molecule has 2 amide bonds. The number of thiophene rings is 1. The summed E-state index contributed by atoms with van der Waals surface area (Å²) in [7, 11) is 1.29. The van der Waals surface area contributed by atoms with Crippen molar-refractivity contribution in [3.63, 3.8) is 0 Å². The fourth-order valence-corrected chi connectivity index (χ4v) is 4.73. The molecule has 7 heteroatoms. The highest BCUT2D eigenvalue weighted by molar-refractivity contribution is 7.18. The van der Waals surface area contributed by atoms with Crippen LogP contribution in [0.4, 0.5) is 5.00 Å². The maximum absolute atomic E-state index is 12.8. The lowest BCUT2D eigenvalue weighted by molar-refractivity contribution is -0.117. The van der Waals surface area contributed by atoms with Crippen LogP contribution in [0, 0.1) is 12.8 Å². The average molecular weight is 415 g/mol. The summed E-state index contributed by atoms with van der Waals surface area (Å²) in [6.07, 6.45) is 0.777. The molecule has 1 saturated carbocycles. The van der Waals surface area contributed by atoms with Gasteiger partial charge in [0.15, 0.2) is 0 Å². The van der Waals surface area contributed by atoms with Gasteiger partial charge in [0.2, 0.25) is 5.91 Å². The van der Waals surface area contributed by atoms with Crippen LogP contribution < -0.4 is 5.32 Å². The van der Waals surface area contributed by atoms with E-state index in [0.29, 0.717) is 28.5 Å². The van der Waals surface area contributed by atoms with Gasteiger partial charge in [0.05, 0.1) is 17.6 Å². The van der Waals surface area contributed by atoms with Crippen LogP contribution in [0.15, 0.2) is 30.3 Å². The number of nitrogens with zero attached hydrogens (tertiary/aromatic N) is 1. The molecule has 1 aromatic heterocycles. The molecular weight excluding hydrogens is 388 g/mol. The first-order chi connectivity index (χ1) is 13.9. The van der Waals surface area contributed by atoms with Crippen LogP contribution in [-0.4, -0.2) is 42.9 Å². The monoisotopic (exact) mass is 414 g/mol. The van der Waals surface area contributed by atoms with Crippen LogP contribution in [0.1, 0.15) is 57.3 Å². The van der Waals surface area contributed by atoms with Crippen molar-refractivity contribution in [3.05, 3.63) is 51.9 Å². The van der Waals surface area contributed by atoms with Gasteiger partial charge in [-0.2, -0.15) is 0 Å². The second-order valence-electron chi connectivity index (χ2n) is 7.08. The van der Waals surface area contributed by atoms with E-state index in [1.54, 1.807) is 11.8 Å². The Morgan fingerprint density at radius 1 is 1.17 bits per heavy atom. The molecule has 1 aromatic carbocycles. The number of benzene rings is 1. The number of nitrogens with one attached hydrogen (secondary N) is 1. The molecule has 1 N–H and O–H groups in total. The third kappa shape index (κ3) is 4.19. The largest absolute Gasteiger partial charge is 0.465 e. The van der Waals surface area contributed by atoms with Crippen molar-refractivity contribution < 1.29 is 19.1 Å². The van der Waals surface area contributed by atoms with Crippen molar-refractivity contribution in [2.75, 3.05) is 25.5 Å². The number of rotatable bonds is 7. The summed E-state index contributed by atoms with van der Waals surface area (Å²) < 4.78 is 4.90. The third-order valence-electron chi connectivity index (χ3n) is 5.37. The van der Waals surface area contributed by atoms with E-state index in [-0.39, 0.29) is 29.2 Å². The van der Waals surface area contributed by atoms with Gasteiger partial charge in [-0.05, 0) is 44.2 Å². The summed E-state index contributed by atoms with van der Waals surface area (Å²) in [6, 6.07) is 9.92. The summed E-state index contributed by atoms with van der Waals surface area (Å²) in [4.78, 5) is 40.2. The quantitative estimate of drug-likeness (QED) is 0.693. The molecule has 3 rings (SSSR count). The lowest BCUT2D eigenvalue weighted by atomic mass is 10.1. The Morgan fingerprint density at radius 3 is 2.41 bits per heavy atom. The molecule has 0 spiro atoms. The Hall–Kier alpha value is -2.67. The normalized spacial score (nSPS) is 17.5. The van der Waals surface area contributed by atoms with E-state index in [2.05, 4.69) is 5.32 Å². The van der Waals surface area contributed by atoms with Crippen molar-refractivity contribution in [1.82, 2.24) is 4.90 Å². The molecule has 2 aromatic rings. The lowest BCUT2D eigenvalue weighted by Gasteiger charge is -2.17. The van der Waals surface area contributed by atoms with Gasteiger partial charge in [0.1, 0.15) is 5.00 Å². The Morgan fingerprint density at radius 2 is 1.83 bits per heavy atom. The van der Waals surface area contributed by atoms with E-state index in [1.165, 1.54) is 7.11 Å². The minimum Gasteiger partial charge on any atom is -0.465 e. The average Bonchev–Trinajstić information content (AvgIpc) is 3.47. The SMILES string of the molecule is CCN(CC)C(=O)c1sc(NC(=O)C2CC2c2ccccc2)c(C(=O)OC)c1C. The number of esters is 1. The van der Waals surface area contributed by atoms with Crippen molar-refractivity contribution in [3.8, 4) is 0 Å². The fourth-order valence-electron chi connectivity index (χ4n) is 3.57. The van der Waals surface area contributed by atoms with E-state index in [9.17, 15) is 14.4 Å². The first kappa shape index (κ1) is 21.0. The molecule has 2 unspecified atom stereocenters. The third-order valence-corrected chi connectivity index (χ3v) is 6.57. The molecule has 1 aliphatic carbocycles. The number of ether oxygens (including phenoxy) is 1. The summed E-state index contributed by atoms with van der Waals surface area (Å²) in [5.74, 6) is -0.769. The molecule has 6 nitrogen and oxygen atoms in total. The Bertz CT molecular complexity index is 918. The van der Waals surface area contributed by atoms with Crippen molar-refractivity contribution in [2.45, 2.75) is 33.1 Å². The van der Waals surface area contributed by atoms with E-state index in [1.807, 2.05) is 44.2 Å². The van der Waals surface area contributed by atoms with Crippen LogP contribution >= 0.6 is 11.3 Å². The zero-order valence-electron chi connectivity index (χ0n) is 17.2. The molecule has 0 radical (unpaired) electrons. The van der Waals surface area contributed by atoms with Gasteiger partial charge in [-0.25, -0.2) is 4.79 Å². The second kappa shape index (κ2) is 8.78. The van der Waals surface area contributed by atoms with Gasteiger partial charge in [0.25, 0.3) is 5.91 Å². The van der Waals surface area contributed by atoms with Gasteiger partial charge >= 0.3 is 5.97 Å². The highest BCUT2D eigenvalue weighted by Gasteiger charge is 2.44. The van der Waals surface area contributed by atoms with Crippen LogP contribution in [-0.2, 0) is 9.53 Å². The Labute approximate surface area is 174 Å². The summed E-state index contributed by atoms with van der Waals surface area (Å²) in [6.45, 7) is 6.68. The first-order valence-corrected chi connectivity index (χ1v) is 10.6. The molecule has 0 saturated heterocycles. The summed E-state index contributed by atoms with van der Waals surface area (Å²) >= 11 is 1.14. The number of amides is 2. The minimum atomic E-state index is -0.553. The molecule has 154 valence electrons. The van der Waals surface area contributed by atoms with E-state index in [4.69, 9.17) is 4.74 Å². The molecule has 1 heterocycles. The summed E-state index contributed by atoms with van der Waals surface area (Å²) in [5, 5.41) is 3.27. The number of carbonyl (C=O) groups excluding carboxylic acids is 3. The van der Waals surface area contributed by atoms with Crippen LogP contribution in [0.25, 0.3) is 0 Å². The van der Waals surface area contributed by atoms with Gasteiger partial charge in [0, 0.05) is 19.0 Å². The standard InChI is InChI=1S/C22H26N2O4S/c1-5-24(6-2)21(26)18-13(3)17(22(27)28-4)20(29-18)23-19(25)16-12-15(16)14-10-8-7-9-11-14/h7-11,15-16H,5-6,12H2,1-4H3,(H,23,25). The zero-order valence-corrected chi connectivity index (χ0v) is 18.0. The van der Waals surface area contributed by atoms with Gasteiger partial charge in [-0.15, -0.1) is 11.3 Å². The van der Waals surface area contributed by atoms with Crippen LogP contribution in [0.5, 0.6) is 0 Å². The van der Waals surface area contributed by atoms with E-state index in [0.717, 1.165) is 23.3 Å². The molecule has 0 bridgehead atoms. The van der Waals surface area contributed by atoms with Gasteiger partial charge in [-0.1, -0.05) is 30.3 Å². The fraction of sp³-hybridized carbons (Fsp3) is 0.409. The number of hydrogen-bond acceptors (Lipinski definition) is 5. The van der Waals surface area contributed by atoms with Gasteiger partial charge in [-0.3, -0.25) is 9.59 Å². The van der Waals surface area contributed by atoms with Crippen molar-refractivity contribution in [2.24, 2.45) is 5.92 Å². The molecule has 29 heavy (non-hydrogen) atoms. The van der Waals surface area contributed by atoms with Crippen molar-refractivity contribution in [1.29, 1.82) is 0 Å². The molecule has 1 aliphatic rings. The summed E-state index contributed by atoms with van der Waals surface area (Å²) in [5.41, 5.74) is 1.95. The van der Waals surface area contributed by atoms with E-state index >= 15 is 0 Å². The smallest absolute Gasteiger partial charge is 0.341 e. The highest BCUT2D eigenvalue weighted by atomic mass is 32.1. The number of methoxy groups -OCH3 is 1. The topological polar surface area (TPSA) is 75.7 Å². The molecular formula is C22H26N2O4S. The van der Waals surface area contributed by atoms with Crippen LogP contribution in [0.3, 0.4) is 0 Å². The Balaban J connectivity index is 1.85. The molecule has 1 fully saturated rings. The number of hydrogen-bond donors (Lipinski definition) is 1. The predicted molar refractivity (Wildman–Crippen MR) is 114 cm³/mol. The zero-order chi connectivity index (χ0) is 21.1. The first-order valence-electron chi connectivity index (χ1n) is 9.79. The van der Waals surface area contributed by atoms with Gasteiger partial charge < -0.3 is 15.0 Å². The van der Waals surface area contributed by atoms with Crippen molar-refractivity contribution >= 4 is 34.1 Å². The minimum absolute atomic E-state index is 0.132. The Kier molecular flexibility index (Phi) is 6.37. The maximum atomic E-state index is 12.8. The number of carbonyl (C=O) groups is 3. The molecule has 0 aliphatic heterocycles. The second-order valence-corrected chi connectivity index (χ2v) is 8.10. The molecule has 2 atom stereocenters. The van der Waals surface area contributed by atoms with Crippen LogP contribution in [0.2, 0.25) is 0 Å². The van der Waals surface area contributed by atoms with E-state index < -0.39 is 5.97 Å². The number of anilines is 1. The highest BCUT2D eigenvalue weighted by Crippen LogP contribution is 2.48. The maximum Gasteiger partial charge on any atom is 0.341 e. The predicted octanol–water partition coefficient (Wildman–Crippen LogP) is 4.07. The lowest BCUT2D eigenvalue weighted by Crippen LogP contribution is -2.30.